The number of hydrogen-bond donors (Lipinski definition) is 1. The van der Waals surface area contributed by atoms with E-state index < -0.39 is 42.9 Å². The third-order valence-corrected chi connectivity index (χ3v) is 5.16. The highest BCUT2D eigenvalue weighted by molar-refractivity contribution is 7.94. The van der Waals surface area contributed by atoms with Crippen LogP contribution in [0.25, 0.3) is 0 Å². The first-order valence-corrected chi connectivity index (χ1v) is 9.02. The molecule has 10 heteroatoms. The number of hydrogen-bond acceptors (Lipinski definition) is 6. The van der Waals surface area contributed by atoms with Crippen molar-refractivity contribution >= 4 is 25.6 Å². The summed E-state index contributed by atoms with van der Waals surface area (Å²) in [4.78, 5) is 10.9. The van der Waals surface area contributed by atoms with Gasteiger partial charge in [-0.15, -0.1) is 0 Å². The molecule has 1 rings (SSSR count). The summed E-state index contributed by atoms with van der Waals surface area (Å²) in [5, 5.41) is 12.6. The molecule has 1 aromatic rings. The second kappa shape index (κ2) is 5.29. The third kappa shape index (κ3) is 4.63. The van der Waals surface area contributed by atoms with E-state index in [0.717, 1.165) is 17.1 Å². The van der Waals surface area contributed by atoms with Crippen molar-refractivity contribution in [3.05, 3.63) is 17.5 Å². The van der Waals surface area contributed by atoms with Crippen LogP contribution in [0.5, 0.6) is 0 Å². The van der Waals surface area contributed by atoms with E-state index in [1.807, 2.05) is 0 Å². The zero-order chi connectivity index (χ0) is 14.8. The minimum absolute atomic E-state index is 0.0287. The lowest BCUT2D eigenvalue weighted by Gasteiger charge is -2.05. The molecule has 0 saturated carbocycles. The maximum absolute atomic E-state index is 11.8. The van der Waals surface area contributed by atoms with Gasteiger partial charge in [0.2, 0.25) is 0 Å². The first-order valence-electron chi connectivity index (χ1n) is 5.14. The van der Waals surface area contributed by atoms with Crippen molar-refractivity contribution in [1.82, 2.24) is 9.78 Å². The molecule has 0 aromatic carbocycles. The van der Waals surface area contributed by atoms with Gasteiger partial charge in [-0.05, 0) is 0 Å². The average Bonchev–Trinajstić information content (AvgIpc) is 2.57. The molecule has 0 radical (unpaired) electrons. The molecular weight excluding hydrogens is 296 g/mol. The molecule has 19 heavy (non-hydrogen) atoms. The van der Waals surface area contributed by atoms with Gasteiger partial charge in [-0.2, -0.15) is 5.10 Å². The van der Waals surface area contributed by atoms with Crippen LogP contribution in [0.2, 0.25) is 0 Å². The van der Waals surface area contributed by atoms with Gasteiger partial charge in [0.15, 0.2) is 9.84 Å². The molecule has 0 aliphatic rings. The number of carboxylic acids is 1. The molecule has 1 heterocycles. The van der Waals surface area contributed by atoms with E-state index in [9.17, 15) is 21.6 Å². The Balaban J connectivity index is 2.96. The Morgan fingerprint density at radius 1 is 1.32 bits per heavy atom. The van der Waals surface area contributed by atoms with E-state index in [0.29, 0.717) is 0 Å². The molecule has 0 unspecified atom stereocenters. The van der Waals surface area contributed by atoms with Gasteiger partial charge in [-0.1, -0.05) is 0 Å². The summed E-state index contributed by atoms with van der Waals surface area (Å²) in [5.41, 5.74) is -0.175. The van der Waals surface area contributed by atoms with Crippen LogP contribution in [0.3, 0.4) is 0 Å². The van der Waals surface area contributed by atoms with Crippen LogP contribution < -0.4 is 0 Å². The minimum atomic E-state index is -3.72. The van der Waals surface area contributed by atoms with Crippen molar-refractivity contribution < 1.29 is 26.7 Å². The second-order valence-corrected chi connectivity index (χ2v) is 8.60. The summed E-state index contributed by atoms with van der Waals surface area (Å²) < 4.78 is 46.6. The Morgan fingerprint density at radius 3 is 2.37 bits per heavy atom. The fourth-order valence-corrected chi connectivity index (χ4v) is 4.50. The van der Waals surface area contributed by atoms with E-state index in [4.69, 9.17) is 5.11 Å². The van der Waals surface area contributed by atoms with Gasteiger partial charge < -0.3 is 5.11 Å². The largest absolute Gasteiger partial charge is 0.478 e. The number of aromatic nitrogens is 2. The molecule has 0 aliphatic heterocycles. The smallest absolute Gasteiger partial charge is 0.339 e. The van der Waals surface area contributed by atoms with Crippen LogP contribution in [0.4, 0.5) is 0 Å². The molecule has 1 aromatic heterocycles. The molecular formula is C9H14N2O6S2. The Labute approximate surface area is 110 Å². The van der Waals surface area contributed by atoms with Crippen molar-refractivity contribution in [2.75, 3.05) is 17.8 Å². The van der Waals surface area contributed by atoms with Gasteiger partial charge >= 0.3 is 5.97 Å². The van der Waals surface area contributed by atoms with Gasteiger partial charge in [-0.3, -0.25) is 4.68 Å². The summed E-state index contributed by atoms with van der Waals surface area (Å²) >= 11 is 0. The van der Waals surface area contributed by atoms with Crippen molar-refractivity contribution in [2.24, 2.45) is 7.05 Å². The Morgan fingerprint density at radius 2 is 1.89 bits per heavy atom. The number of aryl methyl sites for hydroxylation is 1. The molecule has 0 bridgehead atoms. The topological polar surface area (TPSA) is 123 Å². The predicted octanol–water partition coefficient (Wildman–Crippen LogP) is -0.922. The van der Waals surface area contributed by atoms with Gasteiger partial charge in [0.1, 0.15) is 15.4 Å². The molecule has 0 aliphatic carbocycles. The molecule has 1 N–H and O–H groups in total. The van der Waals surface area contributed by atoms with Crippen LogP contribution in [0.15, 0.2) is 6.20 Å². The van der Waals surface area contributed by atoms with Crippen LogP contribution in [0, 0.1) is 0 Å². The van der Waals surface area contributed by atoms with Crippen molar-refractivity contribution in [3.63, 3.8) is 0 Å². The monoisotopic (exact) mass is 310 g/mol. The molecule has 0 atom stereocenters. The summed E-state index contributed by atoms with van der Waals surface area (Å²) in [5.74, 6) is -2.87. The standard InChI is InChI=1S/C9H14N2O6S2/c1-11-8(7(5-10-11)9(12)13)6-19(16,17)4-3-18(2,14)15/h5H,3-4,6H2,1-2H3,(H,12,13). The van der Waals surface area contributed by atoms with Crippen molar-refractivity contribution in [2.45, 2.75) is 5.75 Å². The lowest BCUT2D eigenvalue weighted by Crippen LogP contribution is -2.20. The van der Waals surface area contributed by atoms with E-state index in [1.54, 1.807) is 0 Å². The third-order valence-electron chi connectivity index (χ3n) is 2.41. The zero-order valence-corrected chi connectivity index (χ0v) is 12.0. The molecule has 0 saturated heterocycles. The maximum atomic E-state index is 11.8. The van der Waals surface area contributed by atoms with Crippen LogP contribution in [0.1, 0.15) is 16.1 Å². The lowest BCUT2D eigenvalue weighted by molar-refractivity contribution is 0.0696. The zero-order valence-electron chi connectivity index (χ0n) is 10.4. The van der Waals surface area contributed by atoms with E-state index >= 15 is 0 Å². The van der Waals surface area contributed by atoms with Crippen LogP contribution in [-0.2, 0) is 32.5 Å². The highest BCUT2D eigenvalue weighted by Crippen LogP contribution is 2.12. The van der Waals surface area contributed by atoms with Crippen LogP contribution >= 0.6 is 0 Å². The summed E-state index contributed by atoms with van der Waals surface area (Å²) in [7, 11) is -5.69. The molecule has 108 valence electrons. The van der Waals surface area contributed by atoms with Gasteiger partial charge in [-0.25, -0.2) is 21.6 Å². The van der Waals surface area contributed by atoms with Gasteiger partial charge in [0.05, 0.1) is 29.1 Å². The number of aromatic carboxylic acids is 1. The van der Waals surface area contributed by atoms with Gasteiger partial charge in [0, 0.05) is 13.3 Å². The fourth-order valence-electron chi connectivity index (χ4n) is 1.37. The average molecular weight is 310 g/mol. The molecule has 0 spiro atoms. The summed E-state index contributed by atoms with van der Waals surface area (Å²) in [6, 6.07) is 0. The summed E-state index contributed by atoms with van der Waals surface area (Å²) in [6.45, 7) is 0. The lowest BCUT2D eigenvalue weighted by atomic mass is 10.3. The molecule has 0 fully saturated rings. The van der Waals surface area contributed by atoms with Crippen molar-refractivity contribution in [1.29, 1.82) is 0 Å². The number of sulfone groups is 2. The Bertz CT molecular complexity index is 686. The maximum Gasteiger partial charge on any atom is 0.339 e. The van der Waals surface area contributed by atoms with E-state index in [1.165, 1.54) is 7.05 Å². The van der Waals surface area contributed by atoms with Gasteiger partial charge in [0.25, 0.3) is 0 Å². The molecule has 0 amide bonds. The fraction of sp³-hybridized carbons (Fsp3) is 0.556. The van der Waals surface area contributed by atoms with Crippen LogP contribution in [-0.4, -0.2) is 55.5 Å². The SMILES string of the molecule is Cn1ncc(C(=O)O)c1CS(=O)(=O)CCS(C)(=O)=O. The number of carboxylic acid groups (broad SMARTS) is 1. The first kappa shape index (κ1) is 15.6. The highest BCUT2D eigenvalue weighted by atomic mass is 32.2. The number of rotatable bonds is 6. The molecule has 8 nitrogen and oxygen atoms in total. The number of nitrogens with zero attached hydrogens (tertiary/aromatic N) is 2. The second-order valence-electron chi connectivity index (χ2n) is 4.16. The normalized spacial score (nSPS) is 12.5. The quantitative estimate of drug-likeness (QED) is 0.720. The number of carbonyl (C=O) groups is 1. The van der Waals surface area contributed by atoms with E-state index in [2.05, 4.69) is 5.10 Å². The van der Waals surface area contributed by atoms with E-state index in [-0.39, 0.29) is 11.3 Å². The first-order chi connectivity index (χ1) is 8.52. The highest BCUT2D eigenvalue weighted by Gasteiger charge is 2.22. The predicted molar refractivity (Wildman–Crippen MR) is 67.4 cm³/mol. The van der Waals surface area contributed by atoms with Crippen molar-refractivity contribution in [3.8, 4) is 0 Å². The Kier molecular flexibility index (Phi) is 4.35. The minimum Gasteiger partial charge on any atom is -0.478 e. The summed E-state index contributed by atoms with van der Waals surface area (Å²) in [6.07, 6.45) is 2.00. The Hall–Kier alpha value is -1.42.